The van der Waals surface area contributed by atoms with E-state index in [1.165, 1.54) is 32.4 Å². The highest BCUT2D eigenvalue weighted by Crippen LogP contribution is 2.23. The summed E-state index contributed by atoms with van der Waals surface area (Å²) in [5.41, 5.74) is 0.899. The second-order valence-corrected chi connectivity index (χ2v) is 8.48. The number of likely N-dealkylation sites (tertiary alicyclic amines) is 1. The van der Waals surface area contributed by atoms with Gasteiger partial charge in [-0.15, -0.1) is 24.0 Å². The summed E-state index contributed by atoms with van der Waals surface area (Å²) in [4.78, 5) is 7.20. The summed E-state index contributed by atoms with van der Waals surface area (Å²) in [6.07, 6.45) is 3.83. The minimum atomic E-state index is -0.212. The first-order chi connectivity index (χ1) is 12.9. The van der Waals surface area contributed by atoms with E-state index in [2.05, 4.69) is 56.3 Å². The topological polar surface area (TPSA) is 48.9 Å². The molecule has 2 rings (SSSR count). The highest BCUT2D eigenvalue weighted by atomic mass is 127. The van der Waals surface area contributed by atoms with E-state index in [1.807, 2.05) is 18.2 Å². The Balaban J connectivity index is 0.00000392. The predicted octanol–water partition coefficient (Wildman–Crippen LogP) is 4.27. The number of halogens is 1. The van der Waals surface area contributed by atoms with Crippen LogP contribution in [0.2, 0.25) is 0 Å². The molecule has 0 unspecified atom stereocenters. The molecule has 1 fully saturated rings. The van der Waals surface area contributed by atoms with Crippen LogP contribution < -0.4 is 15.4 Å². The summed E-state index contributed by atoms with van der Waals surface area (Å²) >= 11 is 0. The van der Waals surface area contributed by atoms with Gasteiger partial charge in [0.05, 0.1) is 6.54 Å². The number of guanidine groups is 1. The summed E-state index contributed by atoms with van der Waals surface area (Å²) < 4.78 is 6.08. The molecule has 0 radical (unpaired) electrons. The molecule has 0 amide bonds. The van der Waals surface area contributed by atoms with Gasteiger partial charge >= 0.3 is 0 Å². The minimum absolute atomic E-state index is 0. The summed E-state index contributed by atoms with van der Waals surface area (Å²) in [6, 6.07) is 8.17. The Morgan fingerprint density at radius 2 is 1.86 bits per heavy atom. The molecule has 0 bridgehead atoms. The van der Waals surface area contributed by atoms with E-state index in [4.69, 9.17) is 9.73 Å². The van der Waals surface area contributed by atoms with Crippen LogP contribution in [-0.2, 0) is 6.54 Å². The highest BCUT2D eigenvalue weighted by Gasteiger charge is 2.16. The monoisotopic (exact) mass is 502 g/mol. The van der Waals surface area contributed by atoms with Gasteiger partial charge in [-0.2, -0.15) is 0 Å². The van der Waals surface area contributed by atoms with Gasteiger partial charge in [0.25, 0.3) is 0 Å². The molecular weight excluding hydrogens is 463 g/mol. The molecule has 5 nitrogen and oxygen atoms in total. The molecule has 1 aliphatic heterocycles. The Bertz CT molecular complexity index is 592. The third-order valence-electron chi connectivity index (χ3n) is 4.82. The lowest BCUT2D eigenvalue weighted by molar-refractivity contribution is 0.129. The number of rotatable bonds is 7. The van der Waals surface area contributed by atoms with E-state index in [1.54, 1.807) is 0 Å². The zero-order valence-electron chi connectivity index (χ0n) is 18.3. The number of aliphatic imine (C=N–C) groups is 1. The maximum Gasteiger partial charge on any atom is 0.191 e. The molecule has 6 heteroatoms. The lowest BCUT2D eigenvalue weighted by Crippen LogP contribution is -2.39. The molecule has 0 aliphatic carbocycles. The van der Waals surface area contributed by atoms with Crippen molar-refractivity contribution in [2.75, 3.05) is 33.2 Å². The number of nitrogens with one attached hydrogen (secondary N) is 2. The van der Waals surface area contributed by atoms with Crippen LogP contribution in [0.5, 0.6) is 5.75 Å². The smallest absolute Gasteiger partial charge is 0.191 e. The first-order valence-electron chi connectivity index (χ1n) is 10.3. The Morgan fingerprint density at radius 3 is 2.50 bits per heavy atom. The number of ether oxygens (including phenoxy) is 1. The molecule has 1 aromatic rings. The quantitative estimate of drug-likeness (QED) is 0.332. The molecule has 1 aromatic carbocycles. The minimum Gasteiger partial charge on any atom is -0.488 e. The molecule has 1 heterocycles. The fourth-order valence-electron chi connectivity index (χ4n) is 3.32. The van der Waals surface area contributed by atoms with E-state index in [9.17, 15) is 0 Å². The van der Waals surface area contributed by atoms with Gasteiger partial charge in [0.2, 0.25) is 0 Å². The number of piperidine rings is 1. The first-order valence-corrected chi connectivity index (χ1v) is 10.3. The van der Waals surface area contributed by atoms with Gasteiger partial charge in [0.1, 0.15) is 11.4 Å². The highest BCUT2D eigenvalue weighted by molar-refractivity contribution is 14.0. The molecule has 0 spiro atoms. The average molecular weight is 502 g/mol. The second kappa shape index (κ2) is 12.5. The van der Waals surface area contributed by atoms with Crippen molar-refractivity contribution in [3.05, 3.63) is 29.8 Å². The van der Waals surface area contributed by atoms with Crippen molar-refractivity contribution in [1.82, 2.24) is 15.5 Å². The Morgan fingerprint density at radius 1 is 1.18 bits per heavy atom. The zero-order chi connectivity index (χ0) is 19.7. The summed E-state index contributed by atoms with van der Waals surface area (Å²) in [7, 11) is 2.21. The summed E-state index contributed by atoms with van der Waals surface area (Å²) in [5.74, 6) is 2.63. The van der Waals surface area contributed by atoms with E-state index in [0.29, 0.717) is 6.54 Å². The van der Waals surface area contributed by atoms with Crippen LogP contribution in [0.3, 0.4) is 0 Å². The maximum absolute atomic E-state index is 6.08. The Hall–Kier alpha value is -1.02. The van der Waals surface area contributed by atoms with E-state index in [0.717, 1.165) is 36.3 Å². The Kier molecular flexibility index (Phi) is 11.2. The maximum atomic E-state index is 6.08. The van der Waals surface area contributed by atoms with Gasteiger partial charge in [0, 0.05) is 18.7 Å². The van der Waals surface area contributed by atoms with Crippen molar-refractivity contribution >= 4 is 29.9 Å². The molecule has 1 saturated heterocycles. The van der Waals surface area contributed by atoms with Crippen LogP contribution >= 0.6 is 24.0 Å². The van der Waals surface area contributed by atoms with Gasteiger partial charge in [-0.25, -0.2) is 4.99 Å². The molecule has 160 valence electrons. The molecule has 1 aliphatic rings. The average Bonchev–Trinajstić information content (AvgIpc) is 2.61. The van der Waals surface area contributed by atoms with Crippen LogP contribution in [0, 0.1) is 5.92 Å². The second-order valence-electron chi connectivity index (χ2n) is 8.48. The number of hydrogen-bond acceptors (Lipinski definition) is 3. The van der Waals surface area contributed by atoms with Crippen LogP contribution in [0.1, 0.15) is 52.5 Å². The Labute approximate surface area is 188 Å². The van der Waals surface area contributed by atoms with Gasteiger partial charge in [0.15, 0.2) is 5.96 Å². The van der Waals surface area contributed by atoms with Crippen molar-refractivity contribution in [3.63, 3.8) is 0 Å². The van der Waals surface area contributed by atoms with Gasteiger partial charge in [-0.05, 0) is 79.1 Å². The predicted molar refractivity (Wildman–Crippen MR) is 130 cm³/mol. The van der Waals surface area contributed by atoms with Crippen molar-refractivity contribution in [2.45, 2.75) is 59.1 Å². The summed E-state index contributed by atoms with van der Waals surface area (Å²) in [6.45, 7) is 13.2. The number of para-hydroxylation sites is 1. The normalized spacial score (nSPS) is 16.4. The van der Waals surface area contributed by atoms with E-state index < -0.39 is 0 Å². The summed E-state index contributed by atoms with van der Waals surface area (Å²) in [5, 5.41) is 6.86. The molecular formula is C22H39IN4O. The lowest BCUT2D eigenvalue weighted by atomic mass is 9.94. The zero-order valence-corrected chi connectivity index (χ0v) is 20.6. The fourth-order valence-corrected chi connectivity index (χ4v) is 3.32. The number of nitrogens with zero attached hydrogens (tertiary/aromatic N) is 2. The van der Waals surface area contributed by atoms with Crippen LogP contribution in [0.15, 0.2) is 29.3 Å². The first kappa shape index (κ1) is 25.0. The molecule has 2 N–H and O–H groups in total. The van der Waals surface area contributed by atoms with E-state index in [-0.39, 0.29) is 29.6 Å². The van der Waals surface area contributed by atoms with Gasteiger partial charge in [-0.3, -0.25) is 0 Å². The SMILES string of the molecule is CCNC(=NCc1ccccc1OC(C)(C)C)NCCC1CCN(C)CC1.I. The molecule has 0 atom stereocenters. The van der Waals surface area contributed by atoms with Crippen LogP contribution in [0.25, 0.3) is 0 Å². The van der Waals surface area contributed by atoms with E-state index >= 15 is 0 Å². The lowest BCUT2D eigenvalue weighted by Gasteiger charge is -2.29. The molecule has 28 heavy (non-hydrogen) atoms. The third kappa shape index (κ3) is 9.45. The number of hydrogen-bond donors (Lipinski definition) is 2. The molecule has 0 aromatic heterocycles. The molecule has 0 saturated carbocycles. The number of benzene rings is 1. The largest absolute Gasteiger partial charge is 0.488 e. The van der Waals surface area contributed by atoms with Crippen molar-refractivity contribution < 1.29 is 4.74 Å². The van der Waals surface area contributed by atoms with Crippen molar-refractivity contribution in [2.24, 2.45) is 10.9 Å². The van der Waals surface area contributed by atoms with Gasteiger partial charge < -0.3 is 20.3 Å². The van der Waals surface area contributed by atoms with Crippen LogP contribution in [0.4, 0.5) is 0 Å². The standard InChI is InChI=1S/C22H38N4O.HI/c1-6-23-21(24-14-11-18-12-15-26(5)16-13-18)25-17-19-9-7-8-10-20(19)27-22(2,3)4;/h7-10,18H,6,11-17H2,1-5H3,(H2,23,24,25);1H. The fraction of sp³-hybridized carbons (Fsp3) is 0.682. The van der Waals surface area contributed by atoms with Crippen molar-refractivity contribution in [1.29, 1.82) is 0 Å². The van der Waals surface area contributed by atoms with Crippen molar-refractivity contribution in [3.8, 4) is 5.75 Å². The van der Waals surface area contributed by atoms with Crippen LogP contribution in [-0.4, -0.2) is 49.7 Å². The third-order valence-corrected chi connectivity index (χ3v) is 4.82. The van der Waals surface area contributed by atoms with Gasteiger partial charge in [-0.1, -0.05) is 18.2 Å².